The Hall–Kier alpha value is -4.48. The van der Waals surface area contributed by atoms with Gasteiger partial charge in [0.15, 0.2) is 0 Å². The maximum absolute atomic E-state index is 13.6. The first-order chi connectivity index (χ1) is 21.0. The van der Waals surface area contributed by atoms with Crippen molar-refractivity contribution in [2.24, 2.45) is 0 Å². The summed E-state index contributed by atoms with van der Waals surface area (Å²) >= 11 is 1.26. The maximum atomic E-state index is 13.6. The first-order valence-electron chi connectivity index (χ1n) is 14.7. The summed E-state index contributed by atoms with van der Waals surface area (Å²) < 4.78 is 5.98. The van der Waals surface area contributed by atoms with Gasteiger partial charge in [-0.25, -0.2) is 9.78 Å². The van der Waals surface area contributed by atoms with E-state index in [0.717, 1.165) is 48.9 Å². The molecule has 0 radical (unpaired) electrons. The Morgan fingerprint density at radius 3 is 2.70 bits per heavy atom. The van der Waals surface area contributed by atoms with Crippen molar-refractivity contribution in [2.75, 3.05) is 29.9 Å². The molecule has 2 aromatic carbocycles. The highest BCUT2D eigenvalue weighted by Gasteiger charge is 2.35. The summed E-state index contributed by atoms with van der Waals surface area (Å²) in [7, 11) is 0. The second kappa shape index (κ2) is 11.3. The predicted octanol–water partition coefficient (Wildman–Crippen LogP) is 5.55. The molecule has 220 valence electrons. The van der Waals surface area contributed by atoms with Gasteiger partial charge >= 0.3 is 6.03 Å². The van der Waals surface area contributed by atoms with Gasteiger partial charge < -0.3 is 25.6 Å². The van der Waals surface area contributed by atoms with E-state index in [1.54, 1.807) is 17.2 Å². The summed E-state index contributed by atoms with van der Waals surface area (Å²) in [4.78, 5) is 49.3. The molecular weight excluding hydrogens is 564 g/mol. The van der Waals surface area contributed by atoms with E-state index >= 15 is 0 Å². The van der Waals surface area contributed by atoms with Crippen LogP contribution in [0, 0.1) is 6.92 Å². The van der Waals surface area contributed by atoms with Gasteiger partial charge in [-0.2, -0.15) is 0 Å². The van der Waals surface area contributed by atoms with Crippen LogP contribution in [0.1, 0.15) is 40.9 Å². The normalized spacial score (nSPS) is 19.8. The molecule has 0 saturated carbocycles. The third-order valence-corrected chi connectivity index (χ3v) is 9.36. The van der Waals surface area contributed by atoms with E-state index < -0.39 is 0 Å². The average Bonchev–Trinajstić information content (AvgIpc) is 3.68. The van der Waals surface area contributed by atoms with Gasteiger partial charge in [-0.05, 0) is 81.1 Å². The number of anilines is 3. The zero-order valence-electron chi connectivity index (χ0n) is 23.8. The number of aryl methyl sites for hydroxylation is 1. The molecule has 10 nitrogen and oxygen atoms in total. The van der Waals surface area contributed by atoms with Gasteiger partial charge in [-0.15, -0.1) is 11.3 Å². The number of benzene rings is 2. The zero-order valence-corrected chi connectivity index (χ0v) is 24.6. The molecule has 0 aliphatic carbocycles. The van der Waals surface area contributed by atoms with Gasteiger partial charge in [0.25, 0.3) is 5.91 Å². The SMILES string of the molecule is Cc1cc(Oc2ccccc2)ccc1N1C(=O)Nc2c(C(=O)N[C@@H]3CCCN(C(=O)[C@@H]4CCCN4)C3)sc3nccc1c23. The van der Waals surface area contributed by atoms with Crippen LogP contribution >= 0.6 is 11.3 Å². The number of urea groups is 1. The summed E-state index contributed by atoms with van der Waals surface area (Å²) in [6, 6.07) is 16.3. The molecule has 2 atom stereocenters. The number of para-hydroxylation sites is 1. The number of carbonyl (C=O) groups excluding carboxylic acids is 3. The van der Waals surface area contributed by atoms with Crippen LogP contribution in [0.15, 0.2) is 60.8 Å². The number of ether oxygens (including phenoxy) is 1. The highest BCUT2D eigenvalue weighted by Crippen LogP contribution is 2.46. The number of hydrogen-bond acceptors (Lipinski definition) is 7. The fraction of sp³-hybridized carbons (Fsp3) is 0.312. The molecule has 4 amide bonds. The predicted molar refractivity (Wildman–Crippen MR) is 167 cm³/mol. The lowest BCUT2D eigenvalue weighted by Gasteiger charge is -2.34. The number of nitrogens with one attached hydrogen (secondary N) is 3. The van der Waals surface area contributed by atoms with Crippen molar-refractivity contribution in [3.8, 4) is 11.5 Å². The second-order valence-electron chi connectivity index (χ2n) is 11.2. The molecule has 11 heteroatoms. The summed E-state index contributed by atoms with van der Waals surface area (Å²) in [6.07, 6.45) is 5.14. The van der Waals surface area contributed by atoms with E-state index in [2.05, 4.69) is 20.9 Å². The summed E-state index contributed by atoms with van der Waals surface area (Å²) in [6.45, 7) is 3.99. The number of amides is 4. The van der Waals surface area contributed by atoms with Crippen molar-refractivity contribution < 1.29 is 19.1 Å². The van der Waals surface area contributed by atoms with E-state index in [0.29, 0.717) is 45.6 Å². The number of thiophene rings is 1. The highest BCUT2D eigenvalue weighted by molar-refractivity contribution is 7.21. The average molecular weight is 597 g/mol. The summed E-state index contributed by atoms with van der Waals surface area (Å²) in [5.41, 5.74) is 2.70. The van der Waals surface area contributed by atoms with Gasteiger partial charge in [-0.3, -0.25) is 14.5 Å². The molecule has 2 aromatic heterocycles. The van der Waals surface area contributed by atoms with Crippen molar-refractivity contribution in [3.63, 3.8) is 0 Å². The lowest BCUT2D eigenvalue weighted by atomic mass is 10.0. The van der Waals surface area contributed by atoms with Crippen molar-refractivity contribution >= 4 is 56.5 Å². The fourth-order valence-electron chi connectivity index (χ4n) is 6.21. The Morgan fingerprint density at radius 1 is 1.05 bits per heavy atom. The molecule has 0 unspecified atom stereocenters. The van der Waals surface area contributed by atoms with E-state index in [1.165, 1.54) is 11.3 Å². The maximum Gasteiger partial charge on any atom is 0.331 e. The van der Waals surface area contributed by atoms with Crippen LogP contribution in [0.2, 0.25) is 0 Å². The molecule has 2 fully saturated rings. The molecule has 0 bridgehead atoms. The summed E-state index contributed by atoms with van der Waals surface area (Å²) in [5.74, 6) is 1.25. The molecule has 4 aromatic rings. The monoisotopic (exact) mass is 596 g/mol. The molecule has 3 N–H and O–H groups in total. The molecular formula is C32H32N6O4S. The van der Waals surface area contributed by atoms with Crippen molar-refractivity contribution in [3.05, 3.63) is 71.2 Å². The van der Waals surface area contributed by atoms with Crippen LogP contribution < -0.4 is 25.6 Å². The van der Waals surface area contributed by atoms with Gasteiger partial charge in [0.1, 0.15) is 21.2 Å². The lowest BCUT2D eigenvalue weighted by Crippen LogP contribution is -2.53. The Kier molecular flexibility index (Phi) is 7.20. The highest BCUT2D eigenvalue weighted by atomic mass is 32.1. The number of pyridine rings is 1. The number of carbonyl (C=O) groups is 3. The van der Waals surface area contributed by atoms with Crippen LogP contribution in [0.25, 0.3) is 10.2 Å². The number of hydrogen-bond donors (Lipinski definition) is 3. The van der Waals surface area contributed by atoms with Gasteiger partial charge in [0.05, 0.1) is 28.5 Å². The topological polar surface area (TPSA) is 116 Å². The number of aromatic nitrogens is 1. The minimum atomic E-state index is -0.356. The largest absolute Gasteiger partial charge is 0.457 e. The number of likely N-dealkylation sites (tertiary alicyclic amines) is 1. The quantitative estimate of drug-likeness (QED) is 0.269. The minimum Gasteiger partial charge on any atom is -0.457 e. The van der Waals surface area contributed by atoms with Gasteiger partial charge in [0.2, 0.25) is 5.91 Å². The zero-order chi connectivity index (χ0) is 29.5. The lowest BCUT2D eigenvalue weighted by molar-refractivity contribution is -0.134. The smallest absolute Gasteiger partial charge is 0.331 e. The fourth-order valence-corrected chi connectivity index (χ4v) is 7.23. The standard InChI is InChI=1S/C32H32N6O4S/c1-19-17-22(42-21-8-3-2-4-9-21)11-12-24(19)38-25-13-15-34-30-26(25)27(36-32(38)41)28(43-30)29(39)35-20-7-6-16-37(18-20)31(40)23-10-5-14-33-23/h2-4,8-9,11-13,15,17,20,23,33H,5-7,10,14,16,18H2,1H3,(H,35,39)(H,36,41)/t20-,23+/m1/s1. The molecule has 5 heterocycles. The third-order valence-electron chi connectivity index (χ3n) is 8.27. The summed E-state index contributed by atoms with van der Waals surface area (Å²) in [5, 5.41) is 10.1. The van der Waals surface area contributed by atoms with Crippen LogP contribution in [-0.2, 0) is 4.79 Å². The second-order valence-corrected chi connectivity index (χ2v) is 12.2. The number of rotatable bonds is 6. The van der Waals surface area contributed by atoms with E-state index in [9.17, 15) is 14.4 Å². The van der Waals surface area contributed by atoms with Crippen LogP contribution in [0.4, 0.5) is 21.9 Å². The van der Waals surface area contributed by atoms with Crippen LogP contribution in [-0.4, -0.2) is 59.4 Å². The molecule has 43 heavy (non-hydrogen) atoms. The molecule has 7 rings (SSSR count). The molecule has 3 aliphatic heterocycles. The van der Waals surface area contributed by atoms with E-state index in [1.807, 2.05) is 60.4 Å². The van der Waals surface area contributed by atoms with Crippen LogP contribution in [0.3, 0.4) is 0 Å². The number of nitrogens with zero attached hydrogens (tertiary/aromatic N) is 3. The first kappa shape index (κ1) is 27.4. The van der Waals surface area contributed by atoms with E-state index in [-0.39, 0.29) is 29.9 Å². The van der Waals surface area contributed by atoms with Crippen molar-refractivity contribution in [2.45, 2.75) is 44.7 Å². The Balaban J connectivity index is 1.13. The van der Waals surface area contributed by atoms with Crippen molar-refractivity contribution in [1.82, 2.24) is 20.5 Å². The Morgan fingerprint density at radius 2 is 1.91 bits per heavy atom. The third kappa shape index (κ3) is 5.19. The Labute approximate surface area is 253 Å². The van der Waals surface area contributed by atoms with Crippen LogP contribution in [0.5, 0.6) is 11.5 Å². The molecule has 0 spiro atoms. The first-order valence-corrected chi connectivity index (χ1v) is 15.5. The number of piperidine rings is 1. The molecule has 2 saturated heterocycles. The van der Waals surface area contributed by atoms with Gasteiger partial charge in [-0.1, -0.05) is 18.2 Å². The van der Waals surface area contributed by atoms with Gasteiger partial charge in [0, 0.05) is 25.3 Å². The molecule has 3 aliphatic rings. The van der Waals surface area contributed by atoms with E-state index in [4.69, 9.17) is 4.74 Å². The van der Waals surface area contributed by atoms with Crippen molar-refractivity contribution in [1.29, 1.82) is 0 Å². The Bertz CT molecular complexity index is 1720. The minimum absolute atomic E-state index is 0.115.